The number of carbonyl (C=O) groups is 1. The molecule has 7 heteroatoms. The van der Waals surface area contributed by atoms with Crippen LogP contribution in [0.1, 0.15) is 17.3 Å². The number of aromatic hydroxyl groups is 1. The van der Waals surface area contributed by atoms with Crippen LogP contribution in [0.2, 0.25) is 0 Å². The van der Waals surface area contributed by atoms with Crippen molar-refractivity contribution in [1.29, 1.82) is 0 Å². The monoisotopic (exact) mass is 341 g/mol. The number of para-hydroxylation sites is 1. The number of phenols is 1. The van der Waals surface area contributed by atoms with Gasteiger partial charge in [0.15, 0.2) is 5.78 Å². The van der Waals surface area contributed by atoms with E-state index in [1.54, 1.807) is 36.4 Å². The van der Waals surface area contributed by atoms with Crippen LogP contribution in [0.25, 0.3) is 11.5 Å². The topological polar surface area (TPSA) is 80.3 Å². The van der Waals surface area contributed by atoms with E-state index in [1.807, 2.05) is 12.1 Å². The molecule has 0 saturated heterocycles. The maximum absolute atomic E-state index is 11.3. The fourth-order valence-electron chi connectivity index (χ4n) is 2.16. The van der Waals surface area contributed by atoms with Crippen molar-refractivity contribution in [3.63, 3.8) is 0 Å². The smallest absolute Gasteiger partial charge is 0.289 e. The second-order valence-electron chi connectivity index (χ2n) is 5.16. The average molecular weight is 341 g/mol. The van der Waals surface area contributed by atoms with Crippen LogP contribution < -0.4 is 5.32 Å². The summed E-state index contributed by atoms with van der Waals surface area (Å²) in [6, 6.07) is 13.9. The van der Waals surface area contributed by atoms with Gasteiger partial charge in [0.2, 0.25) is 0 Å². The van der Waals surface area contributed by atoms with Crippen molar-refractivity contribution < 1.29 is 14.3 Å². The average Bonchev–Trinajstić information content (AvgIpc) is 2.94. The molecule has 0 spiro atoms. The van der Waals surface area contributed by atoms with Gasteiger partial charge in [0.25, 0.3) is 10.7 Å². The Morgan fingerprint density at radius 3 is 2.62 bits per heavy atom. The first-order valence-corrected chi connectivity index (χ1v) is 7.66. The fraction of sp³-hybridized carbons (Fsp3) is 0.118. The molecule has 0 fully saturated rings. The molecule has 1 heterocycles. The first-order chi connectivity index (χ1) is 11.5. The van der Waals surface area contributed by atoms with Gasteiger partial charge in [-0.15, -0.1) is 5.10 Å². The molecule has 3 aromatic rings. The molecule has 0 aliphatic rings. The van der Waals surface area contributed by atoms with E-state index in [2.05, 4.69) is 10.4 Å². The first kappa shape index (κ1) is 15.9. The van der Waals surface area contributed by atoms with E-state index in [0.29, 0.717) is 17.8 Å². The Bertz CT molecular complexity index is 929. The molecular formula is C17H15N3O3S. The van der Waals surface area contributed by atoms with Crippen LogP contribution in [0.4, 0.5) is 5.69 Å². The van der Waals surface area contributed by atoms with E-state index >= 15 is 0 Å². The molecule has 0 radical (unpaired) electrons. The minimum absolute atomic E-state index is 0.0209. The maximum Gasteiger partial charge on any atom is 0.289 e. The molecule has 0 saturated carbocycles. The van der Waals surface area contributed by atoms with Gasteiger partial charge in [0.05, 0.1) is 5.56 Å². The molecule has 0 aliphatic heterocycles. The van der Waals surface area contributed by atoms with Crippen LogP contribution in [0.5, 0.6) is 5.75 Å². The summed E-state index contributed by atoms with van der Waals surface area (Å²) >= 11 is 5.15. The zero-order chi connectivity index (χ0) is 17.1. The van der Waals surface area contributed by atoms with Gasteiger partial charge in [-0.3, -0.25) is 4.79 Å². The van der Waals surface area contributed by atoms with Crippen molar-refractivity contribution >= 4 is 23.7 Å². The Morgan fingerprint density at radius 2 is 1.96 bits per heavy atom. The summed E-state index contributed by atoms with van der Waals surface area (Å²) in [7, 11) is 0. The lowest BCUT2D eigenvalue weighted by molar-refractivity contribution is 0.101. The summed E-state index contributed by atoms with van der Waals surface area (Å²) in [5.41, 5.74) is 1.96. The number of nitrogens with zero attached hydrogens (tertiary/aromatic N) is 2. The highest BCUT2D eigenvalue weighted by Crippen LogP contribution is 2.27. The van der Waals surface area contributed by atoms with E-state index in [4.69, 9.17) is 16.6 Å². The van der Waals surface area contributed by atoms with Gasteiger partial charge < -0.3 is 14.8 Å². The van der Waals surface area contributed by atoms with Crippen molar-refractivity contribution in [2.24, 2.45) is 0 Å². The predicted molar refractivity (Wildman–Crippen MR) is 92.5 cm³/mol. The van der Waals surface area contributed by atoms with E-state index in [-0.39, 0.29) is 22.3 Å². The van der Waals surface area contributed by atoms with Crippen molar-refractivity contribution in [1.82, 2.24) is 9.78 Å². The van der Waals surface area contributed by atoms with E-state index in [1.165, 1.54) is 11.6 Å². The fourth-order valence-corrected chi connectivity index (χ4v) is 2.34. The molecule has 24 heavy (non-hydrogen) atoms. The molecule has 122 valence electrons. The molecule has 3 rings (SSSR count). The lowest BCUT2D eigenvalue weighted by Crippen LogP contribution is -2.09. The number of benzene rings is 2. The molecule has 6 nitrogen and oxygen atoms in total. The van der Waals surface area contributed by atoms with Gasteiger partial charge in [-0.2, -0.15) is 0 Å². The zero-order valence-electron chi connectivity index (χ0n) is 12.9. The number of carbonyl (C=O) groups excluding carboxylic acids is 1. The molecule has 1 aromatic heterocycles. The van der Waals surface area contributed by atoms with Crippen LogP contribution >= 0.6 is 12.2 Å². The lowest BCUT2D eigenvalue weighted by Gasteiger charge is -2.06. The Hall–Kier alpha value is -2.93. The normalized spacial score (nSPS) is 10.5. The Morgan fingerprint density at radius 1 is 1.25 bits per heavy atom. The van der Waals surface area contributed by atoms with Gasteiger partial charge in [-0.1, -0.05) is 12.1 Å². The van der Waals surface area contributed by atoms with Gasteiger partial charge in [-0.05, 0) is 55.5 Å². The summed E-state index contributed by atoms with van der Waals surface area (Å²) in [6.45, 7) is 1.83. The number of ketones is 1. The molecule has 2 N–H and O–H groups in total. The number of hydrogen-bond donors (Lipinski definition) is 2. The lowest BCUT2D eigenvalue weighted by atomic mass is 10.1. The Balaban J connectivity index is 1.76. The summed E-state index contributed by atoms with van der Waals surface area (Å²) in [5.74, 6) is 0.355. The second kappa shape index (κ2) is 6.67. The molecular weight excluding hydrogens is 326 g/mol. The zero-order valence-corrected chi connectivity index (χ0v) is 13.7. The minimum atomic E-state index is 0.0209. The highest BCUT2D eigenvalue weighted by atomic mass is 32.1. The summed E-state index contributed by atoms with van der Waals surface area (Å²) in [5, 5.41) is 17.3. The van der Waals surface area contributed by atoms with Crippen LogP contribution in [-0.4, -0.2) is 20.7 Å². The van der Waals surface area contributed by atoms with Gasteiger partial charge >= 0.3 is 0 Å². The van der Waals surface area contributed by atoms with Crippen LogP contribution in [0.3, 0.4) is 0 Å². The van der Waals surface area contributed by atoms with Crippen molar-refractivity contribution in [2.45, 2.75) is 13.6 Å². The number of phenolic OH excluding ortho intramolecular Hbond substituents is 1. The molecule has 0 bridgehead atoms. The van der Waals surface area contributed by atoms with Gasteiger partial charge in [0, 0.05) is 11.3 Å². The molecule has 2 aromatic carbocycles. The molecule has 0 unspecified atom stereocenters. The molecule has 0 amide bonds. The van der Waals surface area contributed by atoms with Gasteiger partial charge in [-0.25, -0.2) is 4.68 Å². The number of anilines is 1. The SMILES string of the molecule is CC(=O)c1ccc(NCn2nc(-c3ccccc3O)oc2=S)cc1. The third-order valence-corrected chi connectivity index (χ3v) is 3.76. The van der Waals surface area contributed by atoms with E-state index in [9.17, 15) is 9.90 Å². The minimum Gasteiger partial charge on any atom is -0.507 e. The molecule has 0 atom stereocenters. The number of rotatable bonds is 5. The van der Waals surface area contributed by atoms with Crippen molar-refractivity contribution in [3.05, 3.63) is 58.9 Å². The van der Waals surface area contributed by atoms with Gasteiger partial charge in [0.1, 0.15) is 12.4 Å². The summed E-state index contributed by atoms with van der Waals surface area (Å²) in [4.78, 5) is 11.5. The highest BCUT2D eigenvalue weighted by molar-refractivity contribution is 7.71. The molecule has 0 aliphatic carbocycles. The number of Topliss-reactive ketones (excluding diaryl/α,β-unsaturated/α-hetero) is 1. The largest absolute Gasteiger partial charge is 0.507 e. The maximum atomic E-state index is 11.3. The number of hydrogen-bond acceptors (Lipinski definition) is 6. The Labute approximate surface area is 143 Å². The number of aromatic nitrogens is 2. The quantitative estimate of drug-likeness (QED) is 0.542. The Kier molecular flexibility index (Phi) is 4.43. The van der Waals surface area contributed by atoms with Crippen molar-refractivity contribution in [3.8, 4) is 17.2 Å². The first-order valence-electron chi connectivity index (χ1n) is 7.26. The van der Waals surface area contributed by atoms with E-state index in [0.717, 1.165) is 5.69 Å². The third-order valence-electron chi connectivity index (χ3n) is 3.47. The second-order valence-corrected chi connectivity index (χ2v) is 5.51. The number of nitrogens with one attached hydrogen (secondary N) is 1. The summed E-state index contributed by atoms with van der Waals surface area (Å²) < 4.78 is 6.92. The van der Waals surface area contributed by atoms with E-state index < -0.39 is 0 Å². The van der Waals surface area contributed by atoms with Crippen LogP contribution in [-0.2, 0) is 6.67 Å². The van der Waals surface area contributed by atoms with Crippen LogP contribution in [0.15, 0.2) is 52.9 Å². The standard InChI is InChI=1S/C17H15N3O3S/c1-11(21)12-6-8-13(9-7-12)18-10-20-17(24)23-16(19-20)14-4-2-3-5-15(14)22/h2-9,18,22H,10H2,1H3. The summed E-state index contributed by atoms with van der Waals surface area (Å²) in [6.07, 6.45) is 0. The third kappa shape index (κ3) is 3.36. The predicted octanol–water partition coefficient (Wildman–Crippen LogP) is 3.85. The van der Waals surface area contributed by atoms with Crippen LogP contribution in [0, 0.1) is 4.84 Å². The van der Waals surface area contributed by atoms with Crippen molar-refractivity contribution in [2.75, 3.05) is 5.32 Å². The highest BCUT2D eigenvalue weighted by Gasteiger charge is 2.11.